The molecule has 10 rings (SSSR count). The van der Waals surface area contributed by atoms with Crippen LogP contribution in [0.4, 0.5) is 0 Å². The van der Waals surface area contributed by atoms with E-state index in [0.29, 0.717) is 5.82 Å². The Labute approximate surface area is 280 Å². The first-order chi connectivity index (χ1) is 23.8. The summed E-state index contributed by atoms with van der Waals surface area (Å²) in [6.45, 7) is 0. The zero-order valence-electron chi connectivity index (χ0n) is 25.7. The molecule has 0 radical (unpaired) electrons. The van der Waals surface area contributed by atoms with Gasteiger partial charge in [0, 0.05) is 47.6 Å². The molecule has 0 spiro atoms. The van der Waals surface area contributed by atoms with E-state index in [1.165, 1.54) is 36.5 Å². The summed E-state index contributed by atoms with van der Waals surface area (Å²) in [5.41, 5.74) is 8.96. The largest absolute Gasteiger partial charge is 0.456 e. The lowest BCUT2D eigenvalue weighted by atomic mass is 9.93. The van der Waals surface area contributed by atoms with E-state index in [1.807, 2.05) is 29.5 Å². The smallest absolute Gasteiger partial charge is 0.160 e. The zero-order valence-corrected chi connectivity index (χ0v) is 26.5. The molecule has 0 unspecified atom stereocenters. The monoisotopic (exact) mass is 630 g/mol. The second-order valence-electron chi connectivity index (χ2n) is 12.1. The van der Waals surface area contributed by atoms with Crippen LogP contribution in [0.15, 0.2) is 162 Å². The molecule has 0 bridgehead atoms. The molecule has 3 nitrogen and oxygen atoms in total. The Bertz CT molecular complexity index is 2860. The number of thiophene rings is 1. The molecule has 224 valence electrons. The van der Waals surface area contributed by atoms with Crippen LogP contribution in [0.5, 0.6) is 0 Å². The number of furan rings is 1. The number of benzene rings is 7. The molecule has 0 aliphatic rings. The third-order valence-corrected chi connectivity index (χ3v) is 10.5. The van der Waals surface area contributed by atoms with E-state index in [2.05, 4.69) is 140 Å². The lowest BCUT2D eigenvalue weighted by Crippen LogP contribution is -1.97. The highest BCUT2D eigenvalue weighted by molar-refractivity contribution is 7.26. The molecule has 3 aromatic heterocycles. The summed E-state index contributed by atoms with van der Waals surface area (Å²) in [5, 5.41) is 7.09. The van der Waals surface area contributed by atoms with Crippen molar-refractivity contribution in [2.45, 2.75) is 0 Å². The molecule has 10 aromatic rings. The summed E-state index contributed by atoms with van der Waals surface area (Å²) in [5.74, 6) is 0.681. The SMILES string of the molecule is c1ccc(-c2cccc3ccccc23)c(-c2cc(-c3cccc4c3sc3ccccc34)nc(-c3ccc4oc5ccccc5c4c3)n2)c1. The van der Waals surface area contributed by atoms with Crippen molar-refractivity contribution in [3.05, 3.63) is 158 Å². The highest BCUT2D eigenvalue weighted by atomic mass is 32.1. The Kier molecular flexibility index (Phi) is 6.05. The van der Waals surface area contributed by atoms with E-state index in [0.717, 1.165) is 55.6 Å². The van der Waals surface area contributed by atoms with Crippen LogP contribution in [0.25, 0.3) is 97.9 Å². The summed E-state index contributed by atoms with van der Waals surface area (Å²) in [7, 11) is 0. The minimum Gasteiger partial charge on any atom is -0.456 e. The Morgan fingerprint density at radius 1 is 0.417 bits per heavy atom. The van der Waals surface area contributed by atoms with Gasteiger partial charge in [-0.05, 0) is 58.3 Å². The van der Waals surface area contributed by atoms with Crippen LogP contribution in [0.3, 0.4) is 0 Å². The molecular formula is C44H26N2OS. The van der Waals surface area contributed by atoms with Gasteiger partial charge in [0.1, 0.15) is 11.2 Å². The Morgan fingerprint density at radius 3 is 1.96 bits per heavy atom. The minimum atomic E-state index is 0.681. The van der Waals surface area contributed by atoms with Crippen molar-refractivity contribution < 1.29 is 4.42 Å². The van der Waals surface area contributed by atoms with E-state index in [-0.39, 0.29) is 0 Å². The highest BCUT2D eigenvalue weighted by Gasteiger charge is 2.18. The van der Waals surface area contributed by atoms with Crippen molar-refractivity contribution >= 4 is 64.2 Å². The predicted octanol–water partition coefficient (Wildman–Crippen LogP) is 12.6. The summed E-state index contributed by atoms with van der Waals surface area (Å²) in [4.78, 5) is 10.6. The van der Waals surface area contributed by atoms with Crippen LogP contribution in [0.2, 0.25) is 0 Å². The number of hydrogen-bond acceptors (Lipinski definition) is 4. The molecule has 3 heterocycles. The molecule has 0 fully saturated rings. The first-order valence-electron chi connectivity index (χ1n) is 16.1. The quantitative estimate of drug-likeness (QED) is 0.194. The van der Waals surface area contributed by atoms with Gasteiger partial charge in [0.15, 0.2) is 5.82 Å². The van der Waals surface area contributed by atoms with Crippen LogP contribution in [-0.4, -0.2) is 9.97 Å². The second-order valence-corrected chi connectivity index (χ2v) is 13.2. The average molecular weight is 631 g/mol. The first kappa shape index (κ1) is 27.1. The van der Waals surface area contributed by atoms with Crippen molar-refractivity contribution in [2.24, 2.45) is 0 Å². The number of nitrogens with zero attached hydrogens (tertiary/aromatic N) is 2. The first-order valence-corrected chi connectivity index (χ1v) is 16.9. The fraction of sp³-hybridized carbons (Fsp3) is 0. The van der Waals surface area contributed by atoms with Crippen LogP contribution in [0, 0.1) is 0 Å². The molecular weight excluding hydrogens is 605 g/mol. The average Bonchev–Trinajstić information content (AvgIpc) is 3.72. The lowest BCUT2D eigenvalue weighted by molar-refractivity contribution is 0.669. The molecule has 0 saturated heterocycles. The summed E-state index contributed by atoms with van der Waals surface area (Å²) in [6.07, 6.45) is 0. The Hall–Kier alpha value is -6.10. The van der Waals surface area contributed by atoms with Gasteiger partial charge in [0.25, 0.3) is 0 Å². The Morgan fingerprint density at radius 2 is 1.04 bits per heavy atom. The fourth-order valence-corrected chi connectivity index (χ4v) is 8.29. The number of hydrogen-bond donors (Lipinski definition) is 0. The van der Waals surface area contributed by atoms with E-state index >= 15 is 0 Å². The van der Waals surface area contributed by atoms with Gasteiger partial charge in [-0.2, -0.15) is 0 Å². The predicted molar refractivity (Wildman–Crippen MR) is 201 cm³/mol. The van der Waals surface area contributed by atoms with Crippen LogP contribution in [0.1, 0.15) is 0 Å². The standard InChI is InChI=1S/C44H26N2OS/c1-2-13-29-27(11-1)12-9-18-30(29)31-14-3-4-15-32(31)38-26-39(36-20-10-19-35-34-17-6-8-22-42(34)48-43(35)36)46-44(45-38)28-23-24-41-37(25-28)33-16-5-7-21-40(33)47-41/h1-26H. The number of rotatable bonds is 4. The molecule has 7 aromatic carbocycles. The van der Waals surface area contributed by atoms with E-state index < -0.39 is 0 Å². The number of fused-ring (bicyclic) bond motifs is 7. The van der Waals surface area contributed by atoms with Crippen molar-refractivity contribution in [1.29, 1.82) is 0 Å². The van der Waals surface area contributed by atoms with Gasteiger partial charge in [-0.1, -0.05) is 121 Å². The third kappa shape index (κ3) is 4.27. The van der Waals surface area contributed by atoms with Gasteiger partial charge >= 0.3 is 0 Å². The maximum absolute atomic E-state index is 6.17. The zero-order chi connectivity index (χ0) is 31.6. The number of aromatic nitrogens is 2. The molecule has 0 N–H and O–H groups in total. The van der Waals surface area contributed by atoms with Crippen LogP contribution < -0.4 is 0 Å². The normalized spacial score (nSPS) is 11.8. The maximum atomic E-state index is 6.17. The lowest BCUT2D eigenvalue weighted by Gasteiger charge is -2.14. The Balaban J connectivity index is 1.25. The molecule has 0 atom stereocenters. The maximum Gasteiger partial charge on any atom is 0.160 e. The van der Waals surface area contributed by atoms with Crippen LogP contribution in [-0.2, 0) is 0 Å². The van der Waals surface area contributed by atoms with Crippen LogP contribution >= 0.6 is 11.3 Å². The van der Waals surface area contributed by atoms with Gasteiger partial charge in [-0.15, -0.1) is 11.3 Å². The fourth-order valence-electron chi connectivity index (χ4n) is 7.07. The van der Waals surface area contributed by atoms with Crippen molar-refractivity contribution in [2.75, 3.05) is 0 Å². The molecule has 0 aliphatic heterocycles. The molecule has 0 saturated carbocycles. The summed E-state index contributed by atoms with van der Waals surface area (Å²) >= 11 is 1.82. The molecule has 0 aliphatic carbocycles. The topological polar surface area (TPSA) is 38.9 Å². The van der Waals surface area contributed by atoms with Crippen molar-refractivity contribution in [1.82, 2.24) is 9.97 Å². The summed E-state index contributed by atoms with van der Waals surface area (Å²) < 4.78 is 8.67. The highest BCUT2D eigenvalue weighted by Crippen LogP contribution is 2.42. The van der Waals surface area contributed by atoms with Gasteiger partial charge in [-0.25, -0.2) is 9.97 Å². The van der Waals surface area contributed by atoms with E-state index in [4.69, 9.17) is 14.4 Å². The second kappa shape index (κ2) is 10.7. The van der Waals surface area contributed by atoms with Crippen molar-refractivity contribution in [3.8, 4) is 45.0 Å². The van der Waals surface area contributed by atoms with E-state index in [1.54, 1.807) is 0 Å². The molecule has 48 heavy (non-hydrogen) atoms. The van der Waals surface area contributed by atoms with Gasteiger partial charge in [0.05, 0.1) is 11.4 Å². The molecule has 4 heteroatoms. The third-order valence-electron chi connectivity index (χ3n) is 9.32. The van der Waals surface area contributed by atoms with Gasteiger partial charge < -0.3 is 4.42 Å². The number of para-hydroxylation sites is 1. The van der Waals surface area contributed by atoms with E-state index in [9.17, 15) is 0 Å². The van der Waals surface area contributed by atoms with Crippen molar-refractivity contribution in [3.63, 3.8) is 0 Å². The summed E-state index contributed by atoms with van der Waals surface area (Å²) in [6, 6.07) is 55.5. The van der Waals surface area contributed by atoms with Gasteiger partial charge in [-0.3, -0.25) is 0 Å². The minimum absolute atomic E-state index is 0.681. The van der Waals surface area contributed by atoms with Gasteiger partial charge in [0.2, 0.25) is 0 Å². The molecule has 0 amide bonds.